The quantitative estimate of drug-likeness (QED) is 0.691. The van der Waals surface area contributed by atoms with Crippen LogP contribution in [0.15, 0.2) is 36.5 Å². The summed E-state index contributed by atoms with van der Waals surface area (Å²) >= 11 is 0. The van der Waals surface area contributed by atoms with Crippen LogP contribution in [0.4, 0.5) is 14.5 Å². The van der Waals surface area contributed by atoms with Crippen LogP contribution in [0.5, 0.6) is 0 Å². The summed E-state index contributed by atoms with van der Waals surface area (Å²) in [6, 6.07) is 6.31. The summed E-state index contributed by atoms with van der Waals surface area (Å²) in [6.07, 6.45) is 1.50. The zero-order valence-electron chi connectivity index (χ0n) is 10.5. The van der Waals surface area contributed by atoms with Crippen LogP contribution in [-0.2, 0) is 6.54 Å². The van der Waals surface area contributed by atoms with Gasteiger partial charge in [0.15, 0.2) is 0 Å². The molecule has 0 atom stereocenters. The van der Waals surface area contributed by atoms with Crippen LogP contribution < -0.4 is 5.32 Å². The molecule has 1 N–H and O–H groups in total. The van der Waals surface area contributed by atoms with Crippen molar-refractivity contribution < 1.29 is 18.5 Å². The number of nitrogens with one attached hydrogen (secondary N) is 1. The molecule has 0 bridgehead atoms. The number of hydrogen-bond acceptors (Lipinski definition) is 4. The van der Waals surface area contributed by atoms with Gasteiger partial charge in [-0.05, 0) is 18.2 Å². The zero-order chi connectivity index (χ0) is 15.4. The first kappa shape index (κ1) is 14.5. The molecule has 0 spiro atoms. The number of nitro benzene ring substituents is 1. The Kier molecular flexibility index (Phi) is 4.17. The van der Waals surface area contributed by atoms with E-state index >= 15 is 0 Å². The van der Waals surface area contributed by atoms with Gasteiger partial charge in [0.05, 0.1) is 17.2 Å². The molecule has 0 saturated carbocycles. The van der Waals surface area contributed by atoms with E-state index in [-0.39, 0.29) is 6.54 Å². The third kappa shape index (κ3) is 3.16. The van der Waals surface area contributed by atoms with Gasteiger partial charge in [-0.3, -0.25) is 19.9 Å². The Hall–Kier alpha value is -2.90. The summed E-state index contributed by atoms with van der Waals surface area (Å²) in [4.78, 5) is 25.3. The summed E-state index contributed by atoms with van der Waals surface area (Å²) in [5.41, 5.74) is -1.46. The van der Waals surface area contributed by atoms with Crippen molar-refractivity contribution in [3.8, 4) is 0 Å². The first-order valence-corrected chi connectivity index (χ1v) is 5.81. The van der Waals surface area contributed by atoms with Gasteiger partial charge in [-0.15, -0.1) is 0 Å². The summed E-state index contributed by atoms with van der Waals surface area (Å²) in [7, 11) is 0. The Morgan fingerprint density at radius 3 is 2.67 bits per heavy atom. The minimum Gasteiger partial charge on any atom is -0.346 e. The maximum Gasteiger partial charge on any atom is 0.305 e. The van der Waals surface area contributed by atoms with Gasteiger partial charge in [0.2, 0.25) is 5.82 Å². The van der Waals surface area contributed by atoms with E-state index in [0.717, 1.165) is 0 Å². The number of benzene rings is 1. The number of amides is 1. The molecule has 1 aromatic carbocycles. The second-order valence-electron chi connectivity index (χ2n) is 4.02. The highest BCUT2D eigenvalue weighted by molar-refractivity contribution is 5.95. The zero-order valence-corrected chi connectivity index (χ0v) is 10.5. The maximum atomic E-state index is 13.8. The average molecular weight is 293 g/mol. The fraction of sp³-hybridized carbons (Fsp3) is 0.0769. The lowest BCUT2D eigenvalue weighted by Gasteiger charge is -2.07. The van der Waals surface area contributed by atoms with Gasteiger partial charge < -0.3 is 5.32 Å². The van der Waals surface area contributed by atoms with Crippen LogP contribution in [0.25, 0.3) is 0 Å². The van der Waals surface area contributed by atoms with Gasteiger partial charge in [0.1, 0.15) is 11.4 Å². The molecule has 0 fully saturated rings. The molecule has 21 heavy (non-hydrogen) atoms. The number of nitro groups is 1. The molecule has 0 saturated heterocycles. The third-order valence-electron chi connectivity index (χ3n) is 2.65. The fourth-order valence-electron chi connectivity index (χ4n) is 1.65. The van der Waals surface area contributed by atoms with Crippen molar-refractivity contribution in [3.63, 3.8) is 0 Å². The predicted octanol–water partition coefficient (Wildman–Crippen LogP) is 2.20. The van der Waals surface area contributed by atoms with Gasteiger partial charge in [0, 0.05) is 12.3 Å². The van der Waals surface area contributed by atoms with Crippen molar-refractivity contribution >= 4 is 11.6 Å². The van der Waals surface area contributed by atoms with Crippen molar-refractivity contribution in [2.75, 3.05) is 0 Å². The second-order valence-corrected chi connectivity index (χ2v) is 4.02. The molecule has 0 radical (unpaired) electrons. The number of aromatic nitrogens is 1. The fourth-order valence-corrected chi connectivity index (χ4v) is 1.65. The molecule has 1 aromatic heterocycles. The van der Waals surface area contributed by atoms with Crippen LogP contribution >= 0.6 is 0 Å². The monoisotopic (exact) mass is 293 g/mol. The molecule has 0 aliphatic carbocycles. The highest BCUT2D eigenvalue weighted by Crippen LogP contribution is 2.22. The van der Waals surface area contributed by atoms with Crippen LogP contribution in [-0.4, -0.2) is 15.8 Å². The van der Waals surface area contributed by atoms with E-state index in [9.17, 15) is 23.7 Å². The standard InChI is InChI=1S/C13H9F2N3O3/c14-9-4-5-10(18(20)21)12(15)11(9)13(19)17-7-8-3-1-2-6-16-8/h1-6H,7H2,(H,17,19). The van der Waals surface area contributed by atoms with Gasteiger partial charge in [-0.2, -0.15) is 4.39 Å². The lowest BCUT2D eigenvalue weighted by molar-refractivity contribution is -0.387. The normalized spacial score (nSPS) is 10.2. The highest BCUT2D eigenvalue weighted by Gasteiger charge is 2.25. The van der Waals surface area contributed by atoms with Crippen LogP contribution in [0.2, 0.25) is 0 Å². The van der Waals surface area contributed by atoms with E-state index in [0.29, 0.717) is 17.8 Å². The van der Waals surface area contributed by atoms with Crippen molar-refractivity contribution in [2.24, 2.45) is 0 Å². The van der Waals surface area contributed by atoms with Crippen molar-refractivity contribution in [1.29, 1.82) is 0 Å². The van der Waals surface area contributed by atoms with Crippen molar-refractivity contribution in [1.82, 2.24) is 10.3 Å². The molecule has 1 heterocycles. The summed E-state index contributed by atoms with van der Waals surface area (Å²) < 4.78 is 27.3. The predicted molar refractivity (Wildman–Crippen MR) is 68.4 cm³/mol. The molecular formula is C13H9F2N3O3. The Labute approximate surface area is 117 Å². The van der Waals surface area contributed by atoms with Gasteiger partial charge in [0.25, 0.3) is 5.91 Å². The lowest BCUT2D eigenvalue weighted by atomic mass is 10.1. The van der Waals surface area contributed by atoms with Gasteiger partial charge >= 0.3 is 5.69 Å². The topological polar surface area (TPSA) is 85.1 Å². The third-order valence-corrected chi connectivity index (χ3v) is 2.65. The first-order chi connectivity index (χ1) is 10.0. The van der Waals surface area contributed by atoms with E-state index in [1.807, 2.05) is 0 Å². The number of carbonyl (C=O) groups excluding carboxylic acids is 1. The number of halogens is 2. The summed E-state index contributed by atoms with van der Waals surface area (Å²) in [5.74, 6) is -3.76. The Balaban J connectivity index is 2.23. The molecule has 6 nitrogen and oxygen atoms in total. The maximum absolute atomic E-state index is 13.8. The van der Waals surface area contributed by atoms with E-state index in [2.05, 4.69) is 10.3 Å². The Morgan fingerprint density at radius 2 is 2.05 bits per heavy atom. The molecule has 2 aromatic rings. The Bertz CT molecular complexity index is 693. The van der Waals surface area contributed by atoms with Crippen molar-refractivity contribution in [3.05, 3.63) is 69.5 Å². The lowest BCUT2D eigenvalue weighted by Crippen LogP contribution is -2.25. The minimum atomic E-state index is -1.50. The number of nitrogens with zero attached hydrogens (tertiary/aromatic N) is 2. The minimum absolute atomic E-state index is 0.0543. The SMILES string of the molecule is O=C(NCc1ccccn1)c1c(F)ccc([N+](=O)[O-])c1F. The number of hydrogen-bond donors (Lipinski definition) is 1. The van der Waals surface area contributed by atoms with E-state index in [1.54, 1.807) is 18.2 Å². The van der Waals surface area contributed by atoms with Gasteiger partial charge in [-0.25, -0.2) is 4.39 Å². The summed E-state index contributed by atoms with van der Waals surface area (Å²) in [6.45, 7) is -0.0543. The van der Waals surface area contributed by atoms with Crippen LogP contribution in [0, 0.1) is 21.7 Å². The Morgan fingerprint density at radius 1 is 1.29 bits per heavy atom. The van der Waals surface area contributed by atoms with Crippen LogP contribution in [0.3, 0.4) is 0 Å². The molecule has 8 heteroatoms. The molecule has 0 unspecified atom stereocenters. The molecular weight excluding hydrogens is 284 g/mol. The van der Waals surface area contributed by atoms with Gasteiger partial charge in [-0.1, -0.05) is 6.07 Å². The smallest absolute Gasteiger partial charge is 0.305 e. The number of pyridine rings is 1. The highest BCUT2D eigenvalue weighted by atomic mass is 19.1. The van der Waals surface area contributed by atoms with E-state index < -0.39 is 33.7 Å². The number of rotatable bonds is 4. The summed E-state index contributed by atoms with van der Waals surface area (Å²) in [5, 5.41) is 12.8. The molecule has 2 rings (SSSR count). The molecule has 0 aliphatic rings. The molecule has 108 valence electrons. The second kappa shape index (κ2) is 6.04. The first-order valence-electron chi connectivity index (χ1n) is 5.81. The van der Waals surface area contributed by atoms with Crippen molar-refractivity contribution in [2.45, 2.75) is 6.54 Å². The molecule has 1 amide bonds. The van der Waals surface area contributed by atoms with E-state index in [1.165, 1.54) is 6.20 Å². The van der Waals surface area contributed by atoms with Crippen LogP contribution in [0.1, 0.15) is 16.1 Å². The molecule has 0 aliphatic heterocycles. The number of carbonyl (C=O) groups is 1. The largest absolute Gasteiger partial charge is 0.346 e. The average Bonchev–Trinajstić information content (AvgIpc) is 2.46. The van der Waals surface area contributed by atoms with E-state index in [4.69, 9.17) is 0 Å².